The molecule has 0 saturated heterocycles. The minimum absolute atomic E-state index is 0.216. The Morgan fingerprint density at radius 2 is 2.00 bits per heavy atom. The number of halogens is 1. The first-order valence-corrected chi connectivity index (χ1v) is 6.83. The Balaban J connectivity index is 1.94. The first kappa shape index (κ1) is 12.0. The number of hydrogen-bond acceptors (Lipinski definition) is 4. The Kier molecular flexibility index (Phi) is 3.37. The van der Waals surface area contributed by atoms with E-state index in [1.54, 1.807) is 11.6 Å². The minimum Gasteiger partial charge on any atom is -0.437 e. The summed E-state index contributed by atoms with van der Waals surface area (Å²) in [6.07, 6.45) is 1.72. The van der Waals surface area contributed by atoms with Gasteiger partial charge < -0.3 is 4.74 Å². The lowest BCUT2D eigenvalue weighted by Crippen LogP contribution is -2.12. The Hall–Kier alpha value is -2.01. The van der Waals surface area contributed by atoms with Crippen LogP contribution >= 0.6 is 11.8 Å². The van der Waals surface area contributed by atoms with Crippen molar-refractivity contribution in [3.63, 3.8) is 0 Å². The molecule has 3 nitrogen and oxygen atoms in total. The van der Waals surface area contributed by atoms with Crippen molar-refractivity contribution in [2.45, 2.75) is 0 Å². The number of nitrogens with zero attached hydrogens (tertiary/aromatic N) is 2. The molecule has 0 amide bonds. The fourth-order valence-electron chi connectivity index (χ4n) is 1.77. The van der Waals surface area contributed by atoms with Gasteiger partial charge in [-0.3, -0.25) is 4.98 Å². The van der Waals surface area contributed by atoms with E-state index in [2.05, 4.69) is 4.98 Å². The number of benzene rings is 1. The first-order chi connectivity index (χ1) is 9.34. The van der Waals surface area contributed by atoms with E-state index < -0.39 is 0 Å². The van der Waals surface area contributed by atoms with Crippen LogP contribution in [0.5, 0.6) is 5.75 Å². The van der Waals surface area contributed by atoms with Gasteiger partial charge in [0.05, 0.1) is 5.69 Å². The van der Waals surface area contributed by atoms with Crippen molar-refractivity contribution in [3.8, 4) is 17.0 Å². The Morgan fingerprint density at radius 3 is 2.74 bits per heavy atom. The molecule has 0 radical (unpaired) electrons. The van der Waals surface area contributed by atoms with Gasteiger partial charge in [0.25, 0.3) is 0 Å². The summed E-state index contributed by atoms with van der Waals surface area (Å²) in [5.74, 6) is 1.08. The maximum atomic E-state index is 13.4. The molecule has 5 heteroatoms. The molecule has 0 bridgehead atoms. The van der Waals surface area contributed by atoms with Crippen LogP contribution in [0.4, 0.5) is 4.48 Å². The molecule has 0 saturated carbocycles. The van der Waals surface area contributed by atoms with Crippen molar-refractivity contribution in [2.75, 3.05) is 5.88 Å². The minimum atomic E-state index is 0.216. The van der Waals surface area contributed by atoms with E-state index in [-0.39, 0.29) is 11.8 Å². The fraction of sp³-hybridized carbons (Fsp3) is 0.0714. The zero-order chi connectivity index (χ0) is 13.1. The molecule has 2 heterocycles. The number of rotatable bonds is 3. The molecule has 96 valence electrons. The van der Waals surface area contributed by atoms with Crippen molar-refractivity contribution in [1.29, 1.82) is 0 Å². The normalized spacial score (nSPS) is 14.4. The van der Waals surface area contributed by atoms with Crippen LogP contribution in [0, 0.1) is 0 Å². The van der Waals surface area contributed by atoms with Gasteiger partial charge in [-0.2, -0.15) is 5.12 Å². The van der Waals surface area contributed by atoms with Crippen LogP contribution in [0.1, 0.15) is 0 Å². The lowest BCUT2D eigenvalue weighted by atomic mass is 10.1. The van der Waals surface area contributed by atoms with Gasteiger partial charge in [-0.15, -0.1) is 11.8 Å². The van der Waals surface area contributed by atoms with Crippen LogP contribution in [-0.4, -0.2) is 16.0 Å². The van der Waals surface area contributed by atoms with Crippen LogP contribution in [0.3, 0.4) is 0 Å². The summed E-state index contributed by atoms with van der Waals surface area (Å²) in [7, 11) is 0. The molecule has 1 aromatic carbocycles. The third kappa shape index (κ3) is 2.56. The molecule has 1 aromatic heterocycles. The molecule has 0 atom stereocenters. The highest BCUT2D eigenvalue weighted by molar-refractivity contribution is 8.02. The zero-order valence-electron chi connectivity index (χ0n) is 9.99. The van der Waals surface area contributed by atoms with Crippen molar-refractivity contribution in [2.24, 2.45) is 0 Å². The summed E-state index contributed by atoms with van der Waals surface area (Å²) < 4.78 is 19.0. The number of para-hydroxylation sites is 1. The van der Waals surface area contributed by atoms with Gasteiger partial charge in [0.1, 0.15) is 11.6 Å². The van der Waals surface area contributed by atoms with Crippen molar-refractivity contribution >= 4 is 11.8 Å². The van der Waals surface area contributed by atoms with E-state index >= 15 is 0 Å². The molecule has 3 rings (SSSR count). The van der Waals surface area contributed by atoms with Crippen LogP contribution in [0.25, 0.3) is 11.3 Å². The van der Waals surface area contributed by atoms with Gasteiger partial charge in [-0.05, 0) is 24.3 Å². The van der Waals surface area contributed by atoms with Crippen molar-refractivity contribution < 1.29 is 9.22 Å². The number of aromatic nitrogens is 1. The number of pyridine rings is 1. The molecular formula is C14H11FN2OS. The third-order valence-corrected chi connectivity index (χ3v) is 3.40. The third-order valence-electron chi connectivity index (χ3n) is 2.65. The van der Waals surface area contributed by atoms with Crippen LogP contribution in [-0.2, 0) is 0 Å². The molecule has 0 N–H and O–H groups in total. The van der Waals surface area contributed by atoms with Crippen molar-refractivity contribution in [1.82, 2.24) is 10.1 Å². The van der Waals surface area contributed by atoms with Crippen LogP contribution in [0.15, 0.2) is 60.0 Å². The summed E-state index contributed by atoms with van der Waals surface area (Å²) in [5, 5.41) is 2.25. The monoisotopic (exact) mass is 274 g/mol. The summed E-state index contributed by atoms with van der Waals surface area (Å²) in [6, 6.07) is 13.1. The Bertz CT molecular complexity index is 603. The maximum Gasteiger partial charge on any atom is 0.231 e. The maximum absolute atomic E-state index is 13.4. The van der Waals surface area contributed by atoms with E-state index in [0.717, 1.165) is 11.3 Å². The van der Waals surface area contributed by atoms with Gasteiger partial charge in [0.2, 0.25) is 5.88 Å². The second kappa shape index (κ2) is 5.32. The standard InChI is InChI=1S/C14H11FN2OS/c15-17-10-19-9-14(17)18-13-7-2-1-5-11(13)12-6-3-4-8-16-12/h1-9H,10H2. The summed E-state index contributed by atoms with van der Waals surface area (Å²) in [4.78, 5) is 4.29. The summed E-state index contributed by atoms with van der Waals surface area (Å²) in [5.41, 5.74) is 1.64. The number of thioether (sulfide) groups is 1. The van der Waals surface area contributed by atoms with E-state index in [9.17, 15) is 4.48 Å². The molecule has 2 aromatic rings. The topological polar surface area (TPSA) is 25.4 Å². The van der Waals surface area contributed by atoms with E-state index in [1.165, 1.54) is 11.8 Å². The molecular weight excluding hydrogens is 263 g/mol. The highest BCUT2D eigenvalue weighted by Crippen LogP contribution is 2.32. The predicted octanol–water partition coefficient (Wildman–Crippen LogP) is 3.82. The molecule has 0 unspecified atom stereocenters. The van der Waals surface area contributed by atoms with Gasteiger partial charge in [0, 0.05) is 17.2 Å². The largest absolute Gasteiger partial charge is 0.437 e. The zero-order valence-corrected chi connectivity index (χ0v) is 10.8. The molecule has 19 heavy (non-hydrogen) atoms. The number of ether oxygens (including phenoxy) is 1. The molecule has 1 aliphatic heterocycles. The van der Waals surface area contributed by atoms with E-state index in [1.807, 2.05) is 42.5 Å². The van der Waals surface area contributed by atoms with Gasteiger partial charge in [-0.1, -0.05) is 22.7 Å². The quantitative estimate of drug-likeness (QED) is 0.795. The van der Waals surface area contributed by atoms with Crippen LogP contribution in [0.2, 0.25) is 0 Å². The Morgan fingerprint density at radius 1 is 1.16 bits per heavy atom. The molecule has 0 aliphatic carbocycles. The smallest absolute Gasteiger partial charge is 0.231 e. The highest BCUT2D eigenvalue weighted by atomic mass is 32.2. The SMILES string of the molecule is FN1CSC=C1Oc1ccccc1-c1ccccn1. The second-order valence-electron chi connectivity index (χ2n) is 3.93. The summed E-state index contributed by atoms with van der Waals surface area (Å²) in [6.45, 7) is 0. The average molecular weight is 274 g/mol. The first-order valence-electron chi connectivity index (χ1n) is 5.78. The lowest BCUT2D eigenvalue weighted by Gasteiger charge is -2.14. The molecule has 1 aliphatic rings. The van der Waals surface area contributed by atoms with Crippen LogP contribution < -0.4 is 4.74 Å². The fourth-order valence-corrected chi connectivity index (χ4v) is 2.41. The second-order valence-corrected chi connectivity index (χ2v) is 4.75. The Labute approximate surface area is 114 Å². The van der Waals surface area contributed by atoms with E-state index in [4.69, 9.17) is 4.74 Å². The predicted molar refractivity (Wildman–Crippen MR) is 73.8 cm³/mol. The summed E-state index contributed by atoms with van der Waals surface area (Å²) >= 11 is 1.36. The molecule has 0 fully saturated rings. The lowest BCUT2D eigenvalue weighted by molar-refractivity contribution is 0.0476. The highest BCUT2D eigenvalue weighted by Gasteiger charge is 2.18. The average Bonchev–Trinajstić information content (AvgIpc) is 2.86. The van der Waals surface area contributed by atoms with Gasteiger partial charge >= 0.3 is 0 Å². The van der Waals surface area contributed by atoms with Crippen molar-refractivity contribution in [3.05, 3.63) is 60.0 Å². The van der Waals surface area contributed by atoms with Gasteiger partial charge in [-0.25, -0.2) is 0 Å². The van der Waals surface area contributed by atoms with Gasteiger partial charge in [0.15, 0.2) is 0 Å². The number of hydrogen-bond donors (Lipinski definition) is 0. The molecule has 0 spiro atoms. The van der Waals surface area contributed by atoms with E-state index in [0.29, 0.717) is 10.9 Å².